The smallest absolute Gasteiger partial charge is 0.224 e. The molecule has 3 unspecified atom stereocenters. The standard InChI is InChI=1S/C18H29N3O2/c1-13(8-19)18(22)20-9-16-6-4-5-7-17(16)12-21-10-14(2)23-15(3)11-21/h4-7,13-15H,8-12,19H2,1-3H3,(H,20,22). The highest BCUT2D eigenvalue weighted by Crippen LogP contribution is 2.17. The van der Waals surface area contributed by atoms with E-state index >= 15 is 0 Å². The molecule has 2 rings (SSSR count). The van der Waals surface area contributed by atoms with Gasteiger partial charge in [0.25, 0.3) is 0 Å². The zero-order valence-electron chi connectivity index (χ0n) is 14.4. The predicted octanol–water partition coefficient (Wildman–Crippen LogP) is 1.51. The number of carbonyl (C=O) groups is 1. The number of morpholine rings is 1. The number of rotatable bonds is 6. The van der Waals surface area contributed by atoms with E-state index in [1.165, 1.54) is 5.56 Å². The molecule has 0 spiro atoms. The van der Waals surface area contributed by atoms with Gasteiger partial charge in [0.1, 0.15) is 0 Å². The Hall–Kier alpha value is -1.43. The summed E-state index contributed by atoms with van der Waals surface area (Å²) in [7, 11) is 0. The summed E-state index contributed by atoms with van der Waals surface area (Å²) in [6.45, 7) is 9.76. The zero-order valence-corrected chi connectivity index (χ0v) is 14.4. The third kappa shape index (κ3) is 5.30. The normalized spacial score (nSPS) is 23.5. The van der Waals surface area contributed by atoms with Gasteiger partial charge in [0, 0.05) is 38.6 Å². The van der Waals surface area contributed by atoms with Gasteiger partial charge in [0.05, 0.1) is 12.2 Å². The maximum absolute atomic E-state index is 11.9. The summed E-state index contributed by atoms with van der Waals surface area (Å²) in [5, 5.41) is 2.98. The van der Waals surface area contributed by atoms with Crippen LogP contribution >= 0.6 is 0 Å². The molecule has 1 saturated heterocycles. The number of hydrogen-bond donors (Lipinski definition) is 2. The lowest BCUT2D eigenvalue weighted by Crippen LogP contribution is -2.45. The molecule has 0 aliphatic carbocycles. The van der Waals surface area contributed by atoms with Crippen LogP contribution in [-0.4, -0.2) is 42.6 Å². The van der Waals surface area contributed by atoms with Crippen molar-refractivity contribution in [3.8, 4) is 0 Å². The number of benzene rings is 1. The van der Waals surface area contributed by atoms with Gasteiger partial charge in [-0.15, -0.1) is 0 Å². The van der Waals surface area contributed by atoms with Gasteiger partial charge < -0.3 is 15.8 Å². The van der Waals surface area contributed by atoms with E-state index < -0.39 is 0 Å². The molecule has 23 heavy (non-hydrogen) atoms. The van der Waals surface area contributed by atoms with Crippen LogP contribution in [0.1, 0.15) is 31.9 Å². The molecule has 128 valence electrons. The first-order valence-electron chi connectivity index (χ1n) is 8.42. The number of nitrogens with zero attached hydrogens (tertiary/aromatic N) is 1. The van der Waals surface area contributed by atoms with Crippen LogP contribution in [0.15, 0.2) is 24.3 Å². The zero-order chi connectivity index (χ0) is 16.8. The van der Waals surface area contributed by atoms with Crippen molar-refractivity contribution >= 4 is 5.91 Å². The highest BCUT2D eigenvalue weighted by atomic mass is 16.5. The van der Waals surface area contributed by atoms with Crippen LogP contribution in [0, 0.1) is 5.92 Å². The SMILES string of the molecule is CC1CN(Cc2ccccc2CNC(=O)C(C)CN)CC(C)O1. The van der Waals surface area contributed by atoms with E-state index in [4.69, 9.17) is 10.5 Å². The van der Waals surface area contributed by atoms with Gasteiger partial charge in [-0.3, -0.25) is 9.69 Å². The summed E-state index contributed by atoms with van der Waals surface area (Å²) >= 11 is 0. The molecule has 1 aromatic rings. The highest BCUT2D eigenvalue weighted by Gasteiger charge is 2.22. The Balaban J connectivity index is 1.98. The van der Waals surface area contributed by atoms with Gasteiger partial charge in [-0.25, -0.2) is 0 Å². The topological polar surface area (TPSA) is 67.6 Å². The molecule has 5 heteroatoms. The average Bonchev–Trinajstić information content (AvgIpc) is 2.52. The fourth-order valence-corrected chi connectivity index (χ4v) is 3.00. The van der Waals surface area contributed by atoms with Gasteiger partial charge in [-0.05, 0) is 25.0 Å². The van der Waals surface area contributed by atoms with Gasteiger partial charge in [-0.2, -0.15) is 0 Å². The molecule has 1 aliphatic heterocycles. The minimum atomic E-state index is -0.150. The predicted molar refractivity (Wildman–Crippen MR) is 91.8 cm³/mol. The number of amides is 1. The second-order valence-corrected chi connectivity index (χ2v) is 6.57. The number of hydrogen-bond acceptors (Lipinski definition) is 4. The van der Waals surface area contributed by atoms with Gasteiger partial charge in [-0.1, -0.05) is 31.2 Å². The molecule has 5 nitrogen and oxygen atoms in total. The minimum Gasteiger partial charge on any atom is -0.373 e. The lowest BCUT2D eigenvalue weighted by atomic mass is 10.1. The highest BCUT2D eigenvalue weighted by molar-refractivity contribution is 5.78. The summed E-state index contributed by atoms with van der Waals surface area (Å²) in [5.41, 5.74) is 7.96. The lowest BCUT2D eigenvalue weighted by Gasteiger charge is -2.35. The summed E-state index contributed by atoms with van der Waals surface area (Å²) in [6, 6.07) is 8.28. The van der Waals surface area contributed by atoms with Crippen molar-refractivity contribution in [2.45, 2.75) is 46.1 Å². The third-order valence-electron chi connectivity index (χ3n) is 4.26. The Morgan fingerprint density at radius 2 is 1.91 bits per heavy atom. The fraction of sp³-hybridized carbons (Fsp3) is 0.611. The molecule has 0 radical (unpaired) electrons. The summed E-state index contributed by atoms with van der Waals surface area (Å²) in [6.07, 6.45) is 0.520. The molecular formula is C18H29N3O2. The molecule has 3 N–H and O–H groups in total. The van der Waals surface area contributed by atoms with Crippen molar-refractivity contribution in [1.82, 2.24) is 10.2 Å². The molecule has 1 fully saturated rings. The Labute approximate surface area is 139 Å². The van der Waals surface area contributed by atoms with Crippen LogP contribution < -0.4 is 11.1 Å². The van der Waals surface area contributed by atoms with Crippen molar-refractivity contribution in [3.63, 3.8) is 0 Å². The summed E-state index contributed by atoms with van der Waals surface area (Å²) in [5.74, 6) is -0.140. The molecule has 1 heterocycles. The molecule has 1 amide bonds. The van der Waals surface area contributed by atoms with Crippen LogP contribution in [0.4, 0.5) is 0 Å². The molecule has 0 bridgehead atoms. The Kier molecular flexibility index (Phi) is 6.57. The van der Waals surface area contributed by atoms with Crippen molar-refractivity contribution in [2.24, 2.45) is 11.7 Å². The second kappa shape index (κ2) is 8.43. The first kappa shape index (κ1) is 17.9. The summed E-state index contributed by atoms with van der Waals surface area (Å²) < 4.78 is 5.79. The first-order chi connectivity index (χ1) is 11.0. The first-order valence-corrected chi connectivity index (χ1v) is 8.42. The van der Waals surface area contributed by atoms with E-state index in [2.05, 4.69) is 42.3 Å². The molecule has 0 aromatic heterocycles. The van der Waals surface area contributed by atoms with E-state index in [0.29, 0.717) is 13.1 Å². The fourth-order valence-electron chi connectivity index (χ4n) is 3.00. The Bertz CT molecular complexity index is 511. The Morgan fingerprint density at radius 3 is 2.52 bits per heavy atom. The monoisotopic (exact) mass is 319 g/mol. The third-order valence-corrected chi connectivity index (χ3v) is 4.26. The van der Waals surface area contributed by atoms with E-state index in [9.17, 15) is 4.79 Å². The van der Waals surface area contributed by atoms with Crippen molar-refractivity contribution in [2.75, 3.05) is 19.6 Å². The average molecular weight is 319 g/mol. The molecule has 1 aromatic carbocycles. The van der Waals surface area contributed by atoms with Gasteiger partial charge in [0.2, 0.25) is 5.91 Å². The maximum Gasteiger partial charge on any atom is 0.224 e. The summed E-state index contributed by atoms with van der Waals surface area (Å²) in [4.78, 5) is 14.3. The van der Waals surface area contributed by atoms with Gasteiger partial charge in [0.15, 0.2) is 0 Å². The molecule has 0 saturated carbocycles. The number of nitrogens with two attached hydrogens (primary N) is 1. The second-order valence-electron chi connectivity index (χ2n) is 6.57. The van der Waals surface area contributed by atoms with E-state index in [1.54, 1.807) is 0 Å². The number of carbonyl (C=O) groups excluding carboxylic acids is 1. The lowest BCUT2D eigenvalue weighted by molar-refractivity contribution is -0.124. The van der Waals surface area contributed by atoms with E-state index in [0.717, 1.165) is 25.2 Å². The van der Waals surface area contributed by atoms with Crippen molar-refractivity contribution < 1.29 is 9.53 Å². The van der Waals surface area contributed by atoms with Gasteiger partial charge >= 0.3 is 0 Å². The number of ether oxygens (including phenoxy) is 1. The van der Waals surface area contributed by atoms with Crippen LogP contribution in [0.5, 0.6) is 0 Å². The molecular weight excluding hydrogens is 290 g/mol. The van der Waals surface area contributed by atoms with Crippen LogP contribution in [0.2, 0.25) is 0 Å². The maximum atomic E-state index is 11.9. The largest absolute Gasteiger partial charge is 0.373 e. The Morgan fingerprint density at radius 1 is 1.30 bits per heavy atom. The van der Waals surface area contributed by atoms with Crippen molar-refractivity contribution in [1.29, 1.82) is 0 Å². The van der Waals surface area contributed by atoms with E-state index in [1.807, 2.05) is 13.0 Å². The van der Waals surface area contributed by atoms with Crippen molar-refractivity contribution in [3.05, 3.63) is 35.4 Å². The van der Waals surface area contributed by atoms with E-state index in [-0.39, 0.29) is 24.0 Å². The molecule has 1 aliphatic rings. The quantitative estimate of drug-likeness (QED) is 0.834. The van der Waals surface area contributed by atoms with Crippen LogP contribution in [-0.2, 0) is 22.6 Å². The van der Waals surface area contributed by atoms with Crippen LogP contribution in [0.25, 0.3) is 0 Å². The number of nitrogens with one attached hydrogen (secondary N) is 1. The molecule has 3 atom stereocenters. The minimum absolute atomic E-state index is 0.0101. The van der Waals surface area contributed by atoms with Crippen LogP contribution in [0.3, 0.4) is 0 Å².